The van der Waals surface area contributed by atoms with E-state index in [1.165, 1.54) is 0 Å². The highest BCUT2D eigenvalue weighted by atomic mass is 32.1. The van der Waals surface area contributed by atoms with Crippen LogP contribution in [0.3, 0.4) is 0 Å². The second-order valence-electron chi connectivity index (χ2n) is 2.23. The third kappa shape index (κ3) is 0.708. The first kappa shape index (κ1) is 5.80. The van der Waals surface area contributed by atoms with E-state index in [9.17, 15) is 0 Å². The van der Waals surface area contributed by atoms with Gasteiger partial charge in [0.2, 0.25) is 0 Å². The largest absolute Gasteiger partial charge is 0.270 e. The molecule has 3 heteroatoms. The average molecular weight is 150 g/mol. The number of fused-ring (bicyclic) bond motifs is 1. The second kappa shape index (κ2) is 2.02. The van der Waals surface area contributed by atoms with Crippen molar-refractivity contribution in [2.24, 2.45) is 11.0 Å². The zero-order valence-corrected chi connectivity index (χ0v) is 6.06. The minimum Gasteiger partial charge on any atom is -0.270 e. The van der Waals surface area contributed by atoms with E-state index in [1.807, 2.05) is 24.3 Å². The lowest BCUT2D eigenvalue weighted by Gasteiger charge is -2.04. The molecule has 50 valence electrons. The Bertz CT molecular complexity index is 263. The van der Waals surface area contributed by atoms with Crippen LogP contribution in [-0.4, -0.2) is 10.7 Å². The van der Waals surface area contributed by atoms with Gasteiger partial charge in [-0.05, 0) is 6.08 Å². The Balaban J connectivity index is 2.39. The van der Waals surface area contributed by atoms with E-state index >= 15 is 0 Å². The Morgan fingerprint density at radius 3 is 3.20 bits per heavy atom. The summed E-state index contributed by atoms with van der Waals surface area (Å²) in [4.78, 5) is 0.801. The van der Waals surface area contributed by atoms with Gasteiger partial charge in [0.15, 0.2) is 0 Å². The number of nitrogens with one attached hydrogen (secondary N) is 1. The molecule has 1 N–H and O–H groups in total. The number of hydrogen-bond acceptors (Lipinski definition) is 2. The Hall–Kier alpha value is -0.960. The van der Waals surface area contributed by atoms with Gasteiger partial charge in [-0.3, -0.25) is 5.43 Å². The lowest BCUT2D eigenvalue weighted by molar-refractivity contribution is 1.07. The summed E-state index contributed by atoms with van der Waals surface area (Å²) < 4.78 is 0. The maximum Gasteiger partial charge on any atom is 0.109 e. The topological polar surface area (TPSA) is 24.4 Å². The van der Waals surface area contributed by atoms with E-state index in [0.29, 0.717) is 0 Å². The van der Waals surface area contributed by atoms with Crippen LogP contribution >= 0.6 is 12.2 Å². The van der Waals surface area contributed by atoms with Gasteiger partial charge in [-0.2, -0.15) is 5.10 Å². The molecule has 2 nitrogen and oxygen atoms in total. The first-order valence-corrected chi connectivity index (χ1v) is 3.51. The maximum atomic E-state index is 5.01. The van der Waals surface area contributed by atoms with Crippen LogP contribution < -0.4 is 5.43 Å². The molecule has 2 rings (SSSR count). The number of hydrogen-bond donors (Lipinski definition) is 1. The molecule has 0 aromatic rings. The Labute approximate surface area is 64.3 Å². The van der Waals surface area contributed by atoms with Crippen LogP contribution in [0.1, 0.15) is 0 Å². The normalized spacial score (nSPS) is 27.8. The minimum atomic E-state index is 0.236. The number of rotatable bonds is 0. The van der Waals surface area contributed by atoms with E-state index in [-0.39, 0.29) is 5.92 Å². The number of allylic oxidation sites excluding steroid dienone is 3. The van der Waals surface area contributed by atoms with Gasteiger partial charge in [0.25, 0.3) is 0 Å². The highest BCUT2D eigenvalue weighted by Crippen LogP contribution is 2.14. The van der Waals surface area contributed by atoms with Gasteiger partial charge in [0.1, 0.15) is 4.99 Å². The molecule has 0 amide bonds. The fourth-order valence-electron chi connectivity index (χ4n) is 1.05. The zero-order chi connectivity index (χ0) is 6.97. The zero-order valence-electron chi connectivity index (χ0n) is 5.24. The molecule has 0 saturated carbocycles. The second-order valence-corrected chi connectivity index (χ2v) is 2.67. The monoisotopic (exact) mass is 150 g/mol. The summed E-state index contributed by atoms with van der Waals surface area (Å²) in [5, 5.41) is 4.03. The lowest BCUT2D eigenvalue weighted by Crippen LogP contribution is -2.19. The summed E-state index contributed by atoms with van der Waals surface area (Å²) >= 11 is 5.01. The van der Waals surface area contributed by atoms with Gasteiger partial charge in [-0.1, -0.05) is 30.4 Å². The van der Waals surface area contributed by atoms with Crippen molar-refractivity contribution < 1.29 is 0 Å². The first-order chi connectivity index (χ1) is 4.88. The third-order valence-electron chi connectivity index (χ3n) is 1.58. The van der Waals surface area contributed by atoms with Crippen molar-refractivity contribution in [2.75, 3.05) is 0 Å². The predicted molar refractivity (Wildman–Crippen MR) is 44.9 cm³/mol. The van der Waals surface area contributed by atoms with Crippen LogP contribution in [0.5, 0.6) is 0 Å². The first-order valence-electron chi connectivity index (χ1n) is 3.10. The fraction of sp³-hybridized carbons (Fsp3) is 0.143. The summed E-state index contributed by atoms with van der Waals surface area (Å²) in [6, 6.07) is 0. The van der Waals surface area contributed by atoms with E-state index < -0.39 is 0 Å². The van der Waals surface area contributed by atoms with Crippen LogP contribution in [0.2, 0.25) is 0 Å². The minimum absolute atomic E-state index is 0.236. The van der Waals surface area contributed by atoms with Crippen molar-refractivity contribution in [3.63, 3.8) is 0 Å². The molecule has 0 bridgehead atoms. The molecule has 1 aliphatic heterocycles. The lowest BCUT2D eigenvalue weighted by atomic mass is 10.00. The molecule has 0 fully saturated rings. The molecular weight excluding hydrogens is 144 g/mol. The quantitative estimate of drug-likeness (QED) is 0.521. The Morgan fingerprint density at radius 1 is 1.50 bits per heavy atom. The van der Waals surface area contributed by atoms with Crippen molar-refractivity contribution >= 4 is 22.9 Å². The summed E-state index contributed by atoms with van der Waals surface area (Å²) in [7, 11) is 0. The smallest absolute Gasteiger partial charge is 0.109 e. The van der Waals surface area contributed by atoms with E-state index in [4.69, 9.17) is 12.2 Å². The summed E-state index contributed by atoms with van der Waals surface area (Å²) in [6.45, 7) is 0. The van der Waals surface area contributed by atoms with Gasteiger partial charge >= 0.3 is 0 Å². The van der Waals surface area contributed by atoms with Crippen molar-refractivity contribution in [3.8, 4) is 0 Å². The van der Waals surface area contributed by atoms with Gasteiger partial charge in [0.05, 0.1) is 11.6 Å². The maximum absolute atomic E-state index is 5.01. The van der Waals surface area contributed by atoms with Crippen LogP contribution in [0.25, 0.3) is 0 Å². The predicted octanol–water partition coefficient (Wildman–Crippen LogP) is 1.02. The van der Waals surface area contributed by atoms with Crippen LogP contribution in [-0.2, 0) is 0 Å². The summed E-state index contributed by atoms with van der Waals surface area (Å²) in [5.41, 5.74) is 3.80. The van der Waals surface area contributed by atoms with Gasteiger partial charge < -0.3 is 0 Å². The Morgan fingerprint density at radius 2 is 2.40 bits per heavy atom. The number of thiocarbonyl (C=S) groups is 1. The molecule has 1 aliphatic carbocycles. The highest BCUT2D eigenvalue weighted by molar-refractivity contribution is 7.80. The molecule has 0 aromatic heterocycles. The van der Waals surface area contributed by atoms with E-state index in [2.05, 4.69) is 10.5 Å². The summed E-state index contributed by atoms with van der Waals surface area (Å²) in [6.07, 6.45) is 7.96. The standard InChI is InChI=1S/C7H6N2S/c10-7-5-3-1-2-4-6(5)8-9-7/h1-5H,(H,9,10). The highest BCUT2D eigenvalue weighted by Gasteiger charge is 2.22. The molecule has 1 heterocycles. The van der Waals surface area contributed by atoms with Gasteiger partial charge in [-0.15, -0.1) is 0 Å². The third-order valence-corrected chi connectivity index (χ3v) is 1.92. The molecule has 1 atom stereocenters. The summed E-state index contributed by atoms with van der Waals surface area (Å²) in [5.74, 6) is 0.236. The van der Waals surface area contributed by atoms with Crippen LogP contribution in [0.4, 0.5) is 0 Å². The molecule has 0 saturated heterocycles. The van der Waals surface area contributed by atoms with Crippen LogP contribution in [0, 0.1) is 5.92 Å². The molecule has 10 heavy (non-hydrogen) atoms. The van der Waals surface area contributed by atoms with Crippen molar-refractivity contribution in [2.45, 2.75) is 0 Å². The van der Waals surface area contributed by atoms with Crippen molar-refractivity contribution in [1.82, 2.24) is 5.43 Å². The molecular formula is C7H6N2S. The van der Waals surface area contributed by atoms with E-state index in [0.717, 1.165) is 10.7 Å². The number of hydrazone groups is 1. The molecule has 1 unspecified atom stereocenters. The van der Waals surface area contributed by atoms with E-state index in [1.54, 1.807) is 0 Å². The van der Waals surface area contributed by atoms with Gasteiger partial charge in [-0.25, -0.2) is 0 Å². The molecule has 0 spiro atoms. The van der Waals surface area contributed by atoms with Crippen molar-refractivity contribution in [3.05, 3.63) is 24.3 Å². The fourth-order valence-corrected chi connectivity index (χ4v) is 1.29. The van der Waals surface area contributed by atoms with Crippen molar-refractivity contribution in [1.29, 1.82) is 0 Å². The number of nitrogens with zero attached hydrogens (tertiary/aromatic N) is 1. The SMILES string of the molecule is S=C1NN=C2C=CC=CC12. The molecule has 2 aliphatic rings. The molecule has 0 radical (unpaired) electrons. The average Bonchev–Trinajstić information content (AvgIpc) is 2.34. The molecule has 0 aromatic carbocycles. The van der Waals surface area contributed by atoms with Crippen LogP contribution in [0.15, 0.2) is 29.4 Å². The Kier molecular flexibility index (Phi) is 1.17. The van der Waals surface area contributed by atoms with Gasteiger partial charge in [0, 0.05) is 0 Å².